The van der Waals surface area contributed by atoms with Gasteiger partial charge in [-0.05, 0) is 18.5 Å². The van der Waals surface area contributed by atoms with Crippen LogP contribution >= 0.6 is 0 Å². The van der Waals surface area contributed by atoms with Crippen LogP contribution in [0.4, 0.5) is 0 Å². The molecule has 54 valence electrons. The lowest BCUT2D eigenvalue weighted by molar-refractivity contribution is 1.01. The number of aromatic nitrogens is 2. The number of rotatable bonds is 3. The van der Waals surface area contributed by atoms with E-state index >= 15 is 0 Å². The van der Waals surface area contributed by atoms with Gasteiger partial charge in [-0.3, -0.25) is 0 Å². The van der Waals surface area contributed by atoms with Crippen molar-refractivity contribution in [3.63, 3.8) is 0 Å². The topological polar surface area (TPSA) is 54.7 Å². The van der Waals surface area contributed by atoms with Gasteiger partial charge in [0.15, 0.2) is 0 Å². The van der Waals surface area contributed by atoms with Crippen molar-refractivity contribution in [1.29, 1.82) is 0 Å². The summed E-state index contributed by atoms with van der Waals surface area (Å²) in [7, 11) is 0. The fourth-order valence-corrected chi connectivity index (χ4v) is 0.751. The van der Waals surface area contributed by atoms with Crippen LogP contribution in [0, 0.1) is 0 Å². The van der Waals surface area contributed by atoms with E-state index in [2.05, 4.69) is 16.5 Å². The fraction of sp³-hybridized carbons (Fsp3) is 0.286. The maximum atomic E-state index is 5.33. The van der Waals surface area contributed by atoms with E-state index in [9.17, 15) is 0 Å². The maximum Gasteiger partial charge on any atom is 0.132 e. The van der Waals surface area contributed by atoms with Crippen molar-refractivity contribution in [1.82, 2.24) is 9.97 Å². The van der Waals surface area contributed by atoms with Crippen LogP contribution in [0.25, 0.3) is 5.57 Å². The molecule has 0 aromatic carbocycles. The van der Waals surface area contributed by atoms with Gasteiger partial charge in [0.25, 0.3) is 0 Å². The van der Waals surface area contributed by atoms with E-state index in [1.807, 2.05) is 0 Å². The lowest BCUT2D eigenvalue weighted by atomic mass is 10.2. The van der Waals surface area contributed by atoms with Gasteiger partial charge < -0.3 is 10.7 Å². The predicted molar refractivity (Wildman–Crippen MR) is 41.3 cm³/mol. The third kappa shape index (κ3) is 1.45. The Morgan fingerprint density at radius 3 is 3.10 bits per heavy atom. The van der Waals surface area contributed by atoms with E-state index in [0.29, 0.717) is 6.54 Å². The predicted octanol–water partition coefficient (Wildman–Crippen LogP) is 0.772. The van der Waals surface area contributed by atoms with Crippen molar-refractivity contribution in [3.8, 4) is 0 Å². The number of imidazole rings is 1. The van der Waals surface area contributed by atoms with Crippen molar-refractivity contribution in [2.75, 3.05) is 6.54 Å². The second kappa shape index (κ2) is 3.17. The molecular weight excluding hydrogens is 126 g/mol. The number of nitrogens with one attached hydrogen (secondary N) is 1. The van der Waals surface area contributed by atoms with E-state index in [4.69, 9.17) is 5.73 Å². The summed E-state index contributed by atoms with van der Waals surface area (Å²) < 4.78 is 0. The molecule has 3 N–H and O–H groups in total. The normalized spacial score (nSPS) is 9.70. The molecule has 1 aromatic rings. The van der Waals surface area contributed by atoms with Gasteiger partial charge in [-0.25, -0.2) is 4.98 Å². The molecule has 0 atom stereocenters. The highest BCUT2D eigenvalue weighted by Crippen LogP contribution is 2.08. The lowest BCUT2D eigenvalue weighted by Crippen LogP contribution is -1.99. The number of hydrogen-bond donors (Lipinski definition) is 2. The standard InChI is InChI=1S/C7H11N3/c1-6(2-3-8)7-9-4-5-10-7/h4-5H,1-3,8H2,(H,9,10). The minimum absolute atomic E-state index is 0.625. The van der Waals surface area contributed by atoms with Gasteiger partial charge in [0.05, 0.1) is 0 Å². The molecule has 3 nitrogen and oxygen atoms in total. The summed E-state index contributed by atoms with van der Waals surface area (Å²) in [5.74, 6) is 0.838. The molecule has 0 aliphatic carbocycles. The minimum Gasteiger partial charge on any atom is -0.345 e. The maximum absolute atomic E-state index is 5.33. The van der Waals surface area contributed by atoms with Crippen LogP contribution in [-0.2, 0) is 0 Å². The molecule has 0 fully saturated rings. The Kier molecular flexibility index (Phi) is 2.23. The van der Waals surface area contributed by atoms with Gasteiger partial charge in [-0.2, -0.15) is 0 Å². The van der Waals surface area contributed by atoms with Crippen LogP contribution in [0.5, 0.6) is 0 Å². The fourth-order valence-electron chi connectivity index (χ4n) is 0.751. The smallest absolute Gasteiger partial charge is 0.132 e. The van der Waals surface area contributed by atoms with E-state index < -0.39 is 0 Å². The first-order valence-electron chi connectivity index (χ1n) is 3.22. The Labute approximate surface area is 60.0 Å². The third-order valence-corrected chi connectivity index (χ3v) is 1.28. The van der Waals surface area contributed by atoms with Crippen LogP contribution in [0.2, 0.25) is 0 Å². The quantitative estimate of drug-likeness (QED) is 0.646. The summed E-state index contributed by atoms with van der Waals surface area (Å²) in [5, 5.41) is 0. The first-order valence-corrected chi connectivity index (χ1v) is 3.22. The van der Waals surface area contributed by atoms with E-state index in [1.54, 1.807) is 12.4 Å². The summed E-state index contributed by atoms with van der Waals surface area (Å²) in [6.45, 7) is 4.44. The van der Waals surface area contributed by atoms with E-state index in [0.717, 1.165) is 17.8 Å². The molecule has 1 heterocycles. The molecule has 1 aromatic heterocycles. The molecule has 0 saturated heterocycles. The molecule has 0 aliphatic heterocycles. The minimum atomic E-state index is 0.625. The van der Waals surface area contributed by atoms with E-state index in [1.165, 1.54) is 0 Å². The van der Waals surface area contributed by atoms with Crippen LogP contribution in [0.3, 0.4) is 0 Å². The molecule has 0 saturated carbocycles. The van der Waals surface area contributed by atoms with Crippen molar-refractivity contribution in [2.45, 2.75) is 6.42 Å². The highest BCUT2D eigenvalue weighted by molar-refractivity contribution is 5.56. The second-order valence-corrected chi connectivity index (χ2v) is 2.08. The molecule has 0 radical (unpaired) electrons. The van der Waals surface area contributed by atoms with Crippen molar-refractivity contribution in [2.24, 2.45) is 5.73 Å². The molecule has 10 heavy (non-hydrogen) atoms. The van der Waals surface area contributed by atoms with Crippen molar-refractivity contribution >= 4 is 5.57 Å². The van der Waals surface area contributed by atoms with Crippen LogP contribution in [0.1, 0.15) is 12.2 Å². The average Bonchev–Trinajstić information content (AvgIpc) is 2.38. The Bertz CT molecular complexity index is 201. The zero-order chi connectivity index (χ0) is 7.40. The number of hydrogen-bond acceptors (Lipinski definition) is 2. The SMILES string of the molecule is C=C(CCN)c1ncc[nH]1. The number of nitrogens with two attached hydrogens (primary N) is 1. The molecule has 0 bridgehead atoms. The summed E-state index contributed by atoms with van der Waals surface area (Å²) in [6.07, 6.45) is 4.28. The van der Waals surface area contributed by atoms with Gasteiger partial charge in [0, 0.05) is 12.4 Å². The van der Waals surface area contributed by atoms with Gasteiger partial charge in [0.1, 0.15) is 5.82 Å². The zero-order valence-corrected chi connectivity index (χ0v) is 5.80. The monoisotopic (exact) mass is 137 g/mol. The van der Waals surface area contributed by atoms with Gasteiger partial charge in [-0.1, -0.05) is 6.58 Å². The summed E-state index contributed by atoms with van der Waals surface area (Å²) in [4.78, 5) is 6.98. The largest absolute Gasteiger partial charge is 0.345 e. The summed E-state index contributed by atoms with van der Waals surface area (Å²) >= 11 is 0. The van der Waals surface area contributed by atoms with Crippen LogP contribution in [-0.4, -0.2) is 16.5 Å². The molecule has 0 amide bonds. The molecule has 0 aliphatic rings. The molecule has 1 rings (SSSR count). The third-order valence-electron chi connectivity index (χ3n) is 1.28. The van der Waals surface area contributed by atoms with Crippen molar-refractivity contribution in [3.05, 3.63) is 24.8 Å². The van der Waals surface area contributed by atoms with Gasteiger partial charge in [-0.15, -0.1) is 0 Å². The summed E-state index contributed by atoms with van der Waals surface area (Å²) in [6, 6.07) is 0. The molecule has 3 heteroatoms. The first kappa shape index (κ1) is 7.02. The van der Waals surface area contributed by atoms with Gasteiger partial charge >= 0.3 is 0 Å². The average molecular weight is 137 g/mol. The summed E-state index contributed by atoms with van der Waals surface area (Å²) in [5.41, 5.74) is 6.30. The molecule has 0 spiro atoms. The highest BCUT2D eigenvalue weighted by atomic mass is 14.9. The number of H-pyrrole nitrogens is 1. The van der Waals surface area contributed by atoms with Gasteiger partial charge in [0.2, 0.25) is 0 Å². The zero-order valence-electron chi connectivity index (χ0n) is 5.80. The lowest BCUT2D eigenvalue weighted by Gasteiger charge is -1.96. The Hall–Kier alpha value is -1.09. The Morgan fingerprint density at radius 2 is 2.60 bits per heavy atom. The van der Waals surface area contributed by atoms with Crippen LogP contribution < -0.4 is 5.73 Å². The van der Waals surface area contributed by atoms with Crippen LogP contribution in [0.15, 0.2) is 19.0 Å². The number of aromatic amines is 1. The Morgan fingerprint density at radius 1 is 1.80 bits per heavy atom. The first-order chi connectivity index (χ1) is 4.84. The highest BCUT2D eigenvalue weighted by Gasteiger charge is 1.97. The second-order valence-electron chi connectivity index (χ2n) is 2.08. The molecule has 0 unspecified atom stereocenters. The Balaban J connectivity index is 2.59. The van der Waals surface area contributed by atoms with E-state index in [-0.39, 0.29) is 0 Å². The van der Waals surface area contributed by atoms with Crippen molar-refractivity contribution < 1.29 is 0 Å². The number of nitrogens with zero attached hydrogens (tertiary/aromatic N) is 1. The molecular formula is C7H11N3.